The maximum Gasteiger partial charge on any atom is 0.490 e. The van der Waals surface area contributed by atoms with Crippen molar-refractivity contribution >= 4 is 41.8 Å². The SMILES string of the molecule is OB(O)c1cncc(SNc2ccccc2Cl)c1. The van der Waals surface area contributed by atoms with E-state index in [2.05, 4.69) is 9.71 Å². The summed E-state index contributed by atoms with van der Waals surface area (Å²) in [5, 5.41) is 18.7. The fourth-order valence-corrected chi connectivity index (χ4v) is 2.24. The third kappa shape index (κ3) is 3.40. The van der Waals surface area contributed by atoms with Crippen molar-refractivity contribution in [1.29, 1.82) is 0 Å². The predicted molar refractivity (Wildman–Crippen MR) is 75.0 cm³/mol. The fraction of sp³-hybridized carbons (Fsp3) is 0. The first kappa shape index (κ1) is 13.2. The van der Waals surface area contributed by atoms with E-state index >= 15 is 0 Å². The fourth-order valence-electron chi connectivity index (χ4n) is 1.29. The van der Waals surface area contributed by atoms with Crippen LogP contribution in [0.5, 0.6) is 0 Å². The summed E-state index contributed by atoms with van der Waals surface area (Å²) in [6.07, 6.45) is 3.03. The molecule has 1 heterocycles. The van der Waals surface area contributed by atoms with Gasteiger partial charge in [-0.2, -0.15) is 0 Å². The molecule has 2 aromatic rings. The van der Waals surface area contributed by atoms with Gasteiger partial charge in [-0.1, -0.05) is 23.7 Å². The van der Waals surface area contributed by atoms with Crippen molar-refractivity contribution in [1.82, 2.24) is 4.98 Å². The Kier molecular flexibility index (Phi) is 4.49. The average Bonchev–Trinajstić information content (AvgIpc) is 2.38. The zero-order valence-corrected chi connectivity index (χ0v) is 10.8. The largest absolute Gasteiger partial charge is 0.490 e. The lowest BCUT2D eigenvalue weighted by Gasteiger charge is -2.07. The molecule has 2 rings (SSSR count). The van der Waals surface area contributed by atoms with Crippen molar-refractivity contribution in [3.05, 3.63) is 47.7 Å². The van der Waals surface area contributed by atoms with Crippen LogP contribution in [0.25, 0.3) is 0 Å². The van der Waals surface area contributed by atoms with Gasteiger partial charge in [0.2, 0.25) is 0 Å². The van der Waals surface area contributed by atoms with Gasteiger partial charge in [0, 0.05) is 22.8 Å². The van der Waals surface area contributed by atoms with Crippen molar-refractivity contribution in [2.75, 3.05) is 4.72 Å². The first-order chi connectivity index (χ1) is 8.66. The zero-order chi connectivity index (χ0) is 13.0. The molecule has 3 N–H and O–H groups in total. The molecule has 0 saturated carbocycles. The number of aromatic nitrogens is 1. The first-order valence-electron chi connectivity index (χ1n) is 5.15. The molecule has 0 bridgehead atoms. The summed E-state index contributed by atoms with van der Waals surface area (Å²) in [5.74, 6) is 0. The van der Waals surface area contributed by atoms with Crippen LogP contribution in [0, 0.1) is 0 Å². The molecule has 92 valence electrons. The number of halogens is 1. The van der Waals surface area contributed by atoms with E-state index in [-0.39, 0.29) is 0 Å². The second kappa shape index (κ2) is 6.11. The van der Waals surface area contributed by atoms with Crippen molar-refractivity contribution in [2.45, 2.75) is 4.90 Å². The molecule has 1 aromatic carbocycles. The highest BCUT2D eigenvalue weighted by molar-refractivity contribution is 8.00. The van der Waals surface area contributed by atoms with Crippen LogP contribution in [0.1, 0.15) is 0 Å². The molecule has 4 nitrogen and oxygen atoms in total. The summed E-state index contributed by atoms with van der Waals surface area (Å²) in [4.78, 5) is 4.69. The highest BCUT2D eigenvalue weighted by atomic mass is 35.5. The number of nitrogens with zero attached hydrogens (tertiary/aromatic N) is 1. The number of hydrogen-bond donors (Lipinski definition) is 3. The van der Waals surface area contributed by atoms with Crippen LogP contribution in [0.2, 0.25) is 5.02 Å². The molecule has 0 aliphatic rings. The van der Waals surface area contributed by atoms with Crippen molar-refractivity contribution in [3.63, 3.8) is 0 Å². The van der Waals surface area contributed by atoms with Gasteiger partial charge < -0.3 is 14.8 Å². The summed E-state index contributed by atoms with van der Waals surface area (Å²) in [6.45, 7) is 0. The monoisotopic (exact) mass is 280 g/mol. The Balaban J connectivity index is 2.07. The van der Waals surface area contributed by atoms with E-state index in [9.17, 15) is 0 Å². The number of rotatable bonds is 4. The molecule has 0 fully saturated rings. The molecule has 0 saturated heterocycles. The van der Waals surface area contributed by atoms with Crippen LogP contribution in [0.3, 0.4) is 0 Å². The summed E-state index contributed by atoms with van der Waals surface area (Å²) in [5.41, 5.74) is 1.14. The summed E-state index contributed by atoms with van der Waals surface area (Å²) in [7, 11) is -1.52. The Labute approximate surface area is 114 Å². The van der Waals surface area contributed by atoms with Crippen LogP contribution >= 0.6 is 23.5 Å². The lowest BCUT2D eigenvalue weighted by Crippen LogP contribution is -2.30. The van der Waals surface area contributed by atoms with Crippen LogP contribution < -0.4 is 10.2 Å². The smallest absolute Gasteiger partial charge is 0.423 e. The summed E-state index contributed by atoms with van der Waals surface area (Å²) in [6, 6.07) is 9.01. The molecule has 1 aromatic heterocycles. The normalized spacial score (nSPS) is 10.2. The van der Waals surface area contributed by atoms with E-state index in [1.54, 1.807) is 18.3 Å². The first-order valence-corrected chi connectivity index (χ1v) is 6.35. The van der Waals surface area contributed by atoms with Crippen LogP contribution in [-0.4, -0.2) is 22.2 Å². The third-order valence-corrected chi connectivity index (χ3v) is 3.30. The lowest BCUT2D eigenvalue weighted by molar-refractivity contribution is 0.425. The molecule has 0 radical (unpaired) electrons. The van der Waals surface area contributed by atoms with Gasteiger partial charge in [0.05, 0.1) is 10.7 Å². The van der Waals surface area contributed by atoms with Gasteiger partial charge in [-0.3, -0.25) is 4.98 Å². The van der Waals surface area contributed by atoms with Crippen LogP contribution in [0.15, 0.2) is 47.6 Å². The quantitative estimate of drug-likeness (QED) is 0.585. The highest BCUT2D eigenvalue weighted by Crippen LogP contribution is 2.26. The summed E-state index contributed by atoms with van der Waals surface area (Å²) >= 11 is 7.30. The second-order valence-corrected chi connectivity index (χ2v) is 4.80. The van der Waals surface area contributed by atoms with E-state index in [0.29, 0.717) is 10.5 Å². The number of para-hydroxylation sites is 1. The van der Waals surface area contributed by atoms with Crippen LogP contribution in [-0.2, 0) is 0 Å². The standard InChI is InChI=1S/C11H10BClN2O2S/c13-10-3-1-2-4-11(10)15-18-9-5-8(12(16)17)6-14-7-9/h1-7,15-17H. The molecule has 0 aliphatic heterocycles. The van der Waals surface area contributed by atoms with Crippen molar-refractivity contribution in [2.24, 2.45) is 0 Å². The molecule has 0 atom stereocenters. The summed E-state index contributed by atoms with van der Waals surface area (Å²) < 4.78 is 3.08. The molecular formula is C11H10BClN2O2S. The van der Waals surface area contributed by atoms with Crippen molar-refractivity contribution < 1.29 is 10.0 Å². The number of pyridine rings is 1. The maximum atomic E-state index is 9.04. The van der Waals surface area contributed by atoms with Gasteiger partial charge in [0.15, 0.2) is 0 Å². The van der Waals surface area contributed by atoms with E-state index in [4.69, 9.17) is 21.6 Å². The third-order valence-electron chi connectivity index (χ3n) is 2.19. The van der Waals surface area contributed by atoms with Crippen molar-refractivity contribution in [3.8, 4) is 0 Å². The minimum absolute atomic E-state index is 0.348. The Morgan fingerprint density at radius 3 is 2.72 bits per heavy atom. The minimum Gasteiger partial charge on any atom is -0.423 e. The Morgan fingerprint density at radius 2 is 2.00 bits per heavy atom. The predicted octanol–water partition coefficient (Wildman–Crippen LogP) is 1.53. The number of hydrogen-bond acceptors (Lipinski definition) is 5. The van der Waals surface area contributed by atoms with Crippen LogP contribution in [0.4, 0.5) is 5.69 Å². The van der Waals surface area contributed by atoms with Gasteiger partial charge in [-0.15, -0.1) is 0 Å². The molecule has 0 amide bonds. The Morgan fingerprint density at radius 1 is 1.22 bits per heavy atom. The van der Waals surface area contributed by atoms with E-state index in [1.165, 1.54) is 18.1 Å². The number of nitrogens with one attached hydrogen (secondary N) is 1. The molecular weight excluding hydrogens is 270 g/mol. The number of benzene rings is 1. The second-order valence-electron chi connectivity index (χ2n) is 3.51. The van der Waals surface area contributed by atoms with Gasteiger partial charge in [-0.05, 0) is 30.1 Å². The minimum atomic E-state index is -1.52. The van der Waals surface area contributed by atoms with E-state index < -0.39 is 7.12 Å². The van der Waals surface area contributed by atoms with E-state index in [0.717, 1.165) is 10.6 Å². The Hall–Kier alpha value is -1.21. The highest BCUT2D eigenvalue weighted by Gasteiger charge is 2.11. The van der Waals surface area contributed by atoms with Gasteiger partial charge in [0.25, 0.3) is 0 Å². The lowest BCUT2D eigenvalue weighted by atomic mass is 9.82. The number of anilines is 1. The maximum absolute atomic E-state index is 9.04. The average molecular weight is 281 g/mol. The molecule has 0 unspecified atom stereocenters. The topological polar surface area (TPSA) is 65.4 Å². The molecule has 0 spiro atoms. The molecule has 7 heteroatoms. The Bertz CT molecular complexity index is 542. The molecule has 18 heavy (non-hydrogen) atoms. The van der Waals surface area contributed by atoms with Gasteiger partial charge in [-0.25, -0.2) is 0 Å². The molecule has 0 aliphatic carbocycles. The van der Waals surface area contributed by atoms with E-state index in [1.807, 2.05) is 18.2 Å². The van der Waals surface area contributed by atoms with Gasteiger partial charge in [0.1, 0.15) is 0 Å². The zero-order valence-electron chi connectivity index (χ0n) is 9.25. The van der Waals surface area contributed by atoms with Gasteiger partial charge >= 0.3 is 7.12 Å².